The Morgan fingerprint density at radius 1 is 1.47 bits per heavy atom. The first-order chi connectivity index (χ1) is 6.72. The van der Waals surface area contributed by atoms with E-state index in [0.717, 1.165) is 6.07 Å². The molecule has 84 valence electrons. The van der Waals surface area contributed by atoms with Crippen molar-refractivity contribution in [1.29, 1.82) is 0 Å². The summed E-state index contributed by atoms with van der Waals surface area (Å²) in [5.74, 6) is -2.50. The van der Waals surface area contributed by atoms with Crippen molar-refractivity contribution in [3.63, 3.8) is 0 Å². The third-order valence-electron chi connectivity index (χ3n) is 1.87. The van der Waals surface area contributed by atoms with Crippen molar-refractivity contribution >= 4 is 11.6 Å². The van der Waals surface area contributed by atoms with Gasteiger partial charge in [0.2, 0.25) is 0 Å². The first-order valence-electron chi connectivity index (χ1n) is 4.36. The molecule has 0 aromatic heterocycles. The van der Waals surface area contributed by atoms with E-state index in [9.17, 15) is 13.9 Å². The fourth-order valence-electron chi connectivity index (χ4n) is 1.25. The van der Waals surface area contributed by atoms with Gasteiger partial charge in [0.15, 0.2) is 11.6 Å². The molecule has 0 fully saturated rings. The Hall–Kier alpha value is -0.870. The minimum atomic E-state index is -0.944. The maximum atomic E-state index is 13.5. The van der Waals surface area contributed by atoms with Gasteiger partial charge in [-0.25, -0.2) is 8.78 Å². The van der Waals surface area contributed by atoms with E-state index in [0.29, 0.717) is 0 Å². The van der Waals surface area contributed by atoms with Crippen molar-refractivity contribution in [3.05, 3.63) is 28.3 Å². The molecule has 0 heterocycles. The molecule has 1 aromatic carbocycles. The molecule has 2 nitrogen and oxygen atoms in total. The summed E-state index contributed by atoms with van der Waals surface area (Å²) in [7, 11) is 0. The molecule has 1 rings (SSSR count). The summed E-state index contributed by atoms with van der Waals surface area (Å²) < 4.78 is 26.5. The highest BCUT2D eigenvalue weighted by atomic mass is 35.5. The summed E-state index contributed by atoms with van der Waals surface area (Å²) in [5.41, 5.74) is 4.72. The van der Waals surface area contributed by atoms with Crippen LogP contribution in [-0.2, 0) is 6.42 Å². The maximum Gasteiger partial charge on any atom is 0.166 e. The fraction of sp³-hybridized carbons (Fsp3) is 0.400. The Balaban J connectivity index is 3.27. The van der Waals surface area contributed by atoms with Crippen molar-refractivity contribution in [2.24, 2.45) is 5.73 Å². The second-order valence-electron chi connectivity index (χ2n) is 4.15. The van der Waals surface area contributed by atoms with Crippen LogP contribution in [0.5, 0.6) is 5.75 Å². The molecule has 0 amide bonds. The van der Waals surface area contributed by atoms with Gasteiger partial charge >= 0.3 is 0 Å². The third-order valence-corrected chi connectivity index (χ3v) is 2.15. The number of aromatic hydroxyl groups is 1. The minimum absolute atomic E-state index is 0.00213. The van der Waals surface area contributed by atoms with Crippen LogP contribution < -0.4 is 5.73 Å². The van der Waals surface area contributed by atoms with Crippen LogP contribution in [0.25, 0.3) is 0 Å². The molecule has 0 unspecified atom stereocenters. The van der Waals surface area contributed by atoms with Crippen LogP contribution in [0.1, 0.15) is 19.4 Å². The molecule has 0 atom stereocenters. The zero-order valence-electron chi connectivity index (χ0n) is 8.44. The summed E-state index contributed by atoms with van der Waals surface area (Å²) in [5, 5.41) is 8.98. The van der Waals surface area contributed by atoms with E-state index < -0.39 is 22.9 Å². The average Bonchev–Trinajstić information content (AvgIpc) is 2.08. The van der Waals surface area contributed by atoms with Crippen LogP contribution >= 0.6 is 11.6 Å². The van der Waals surface area contributed by atoms with Gasteiger partial charge in [-0.1, -0.05) is 11.6 Å². The highest BCUT2D eigenvalue weighted by molar-refractivity contribution is 6.30. The van der Waals surface area contributed by atoms with E-state index in [1.165, 1.54) is 0 Å². The quantitative estimate of drug-likeness (QED) is 0.774. The molecule has 3 N–H and O–H groups in total. The molecule has 5 heteroatoms. The number of halogens is 3. The first kappa shape index (κ1) is 12.2. The Bertz CT molecular complexity index is 362. The predicted octanol–water partition coefficient (Wildman–Crippen LogP) is 2.60. The van der Waals surface area contributed by atoms with E-state index in [2.05, 4.69) is 0 Å². The Morgan fingerprint density at radius 2 is 2.00 bits per heavy atom. The number of phenolic OH excluding ortho intramolecular Hbond substituents is 1. The van der Waals surface area contributed by atoms with Crippen LogP contribution in [0.15, 0.2) is 6.07 Å². The van der Waals surface area contributed by atoms with Gasteiger partial charge in [0.25, 0.3) is 0 Å². The zero-order chi connectivity index (χ0) is 11.8. The molecule has 15 heavy (non-hydrogen) atoms. The van der Waals surface area contributed by atoms with Gasteiger partial charge in [-0.05, 0) is 26.3 Å². The van der Waals surface area contributed by atoms with Gasteiger partial charge in [-0.3, -0.25) is 0 Å². The number of rotatable bonds is 2. The van der Waals surface area contributed by atoms with Crippen LogP contribution in [0.4, 0.5) is 8.78 Å². The van der Waals surface area contributed by atoms with Gasteiger partial charge in [0, 0.05) is 11.1 Å². The lowest BCUT2D eigenvalue weighted by Gasteiger charge is -2.20. The number of benzene rings is 1. The molecule has 0 aliphatic rings. The topological polar surface area (TPSA) is 46.2 Å². The Kier molecular flexibility index (Phi) is 3.21. The van der Waals surface area contributed by atoms with Gasteiger partial charge in [-0.15, -0.1) is 0 Å². The average molecular weight is 236 g/mol. The van der Waals surface area contributed by atoms with Crippen LogP contribution in [0, 0.1) is 11.6 Å². The summed E-state index contributed by atoms with van der Waals surface area (Å²) in [6.07, 6.45) is 0.00213. The number of nitrogens with two attached hydrogens (primary N) is 1. The molecule has 1 aromatic rings. The third kappa shape index (κ3) is 2.79. The fourth-order valence-corrected chi connectivity index (χ4v) is 1.46. The highest BCUT2D eigenvalue weighted by Gasteiger charge is 2.22. The molecule has 0 spiro atoms. The second kappa shape index (κ2) is 3.94. The minimum Gasteiger partial charge on any atom is -0.505 e. The Morgan fingerprint density at radius 3 is 2.47 bits per heavy atom. The number of hydrogen-bond donors (Lipinski definition) is 2. The first-order valence-corrected chi connectivity index (χ1v) is 4.74. The predicted molar refractivity (Wildman–Crippen MR) is 55.0 cm³/mol. The van der Waals surface area contributed by atoms with Crippen molar-refractivity contribution in [2.45, 2.75) is 25.8 Å². The molecule has 0 aliphatic heterocycles. The van der Waals surface area contributed by atoms with Gasteiger partial charge in [-0.2, -0.15) is 0 Å². The van der Waals surface area contributed by atoms with Crippen molar-refractivity contribution < 1.29 is 13.9 Å². The normalized spacial score (nSPS) is 11.9. The number of phenols is 1. The number of hydrogen-bond acceptors (Lipinski definition) is 2. The van der Waals surface area contributed by atoms with Crippen LogP contribution in [-0.4, -0.2) is 10.6 Å². The van der Waals surface area contributed by atoms with Crippen LogP contribution in [0.2, 0.25) is 5.02 Å². The molecule has 0 saturated carbocycles. The molecule has 0 aliphatic carbocycles. The van der Waals surface area contributed by atoms with E-state index in [1.807, 2.05) is 0 Å². The smallest absolute Gasteiger partial charge is 0.166 e. The van der Waals surface area contributed by atoms with Crippen molar-refractivity contribution in [3.8, 4) is 5.75 Å². The molecule has 0 bridgehead atoms. The van der Waals surface area contributed by atoms with Gasteiger partial charge in [0.05, 0.1) is 5.02 Å². The highest BCUT2D eigenvalue weighted by Crippen LogP contribution is 2.31. The Labute approximate surface area is 91.7 Å². The lowest BCUT2D eigenvalue weighted by atomic mass is 9.95. The summed E-state index contributed by atoms with van der Waals surface area (Å²) >= 11 is 5.45. The summed E-state index contributed by atoms with van der Waals surface area (Å²) in [4.78, 5) is 0. The lowest BCUT2D eigenvalue weighted by Crippen LogP contribution is -2.34. The molecular weight excluding hydrogens is 224 g/mol. The second-order valence-corrected chi connectivity index (χ2v) is 4.55. The summed E-state index contributed by atoms with van der Waals surface area (Å²) in [6, 6.07) is 0.735. The van der Waals surface area contributed by atoms with E-state index >= 15 is 0 Å². The van der Waals surface area contributed by atoms with Gasteiger partial charge < -0.3 is 10.8 Å². The lowest BCUT2D eigenvalue weighted by molar-refractivity contribution is 0.404. The SMILES string of the molecule is CC(C)(N)Cc1c(O)c(F)cc(Cl)c1F. The van der Waals surface area contributed by atoms with E-state index in [-0.39, 0.29) is 17.0 Å². The van der Waals surface area contributed by atoms with E-state index in [4.69, 9.17) is 17.3 Å². The standard InChI is InChI=1S/C10H12ClF2NO/c1-10(2,14)4-5-8(13)6(11)3-7(12)9(5)15/h3,15H,4,14H2,1-2H3. The molecule has 0 saturated heterocycles. The van der Waals surface area contributed by atoms with Crippen LogP contribution in [0.3, 0.4) is 0 Å². The summed E-state index contributed by atoms with van der Waals surface area (Å²) in [6.45, 7) is 3.29. The zero-order valence-corrected chi connectivity index (χ0v) is 9.20. The van der Waals surface area contributed by atoms with E-state index in [1.54, 1.807) is 13.8 Å². The molecular formula is C10H12ClF2NO. The monoisotopic (exact) mass is 235 g/mol. The largest absolute Gasteiger partial charge is 0.505 e. The van der Waals surface area contributed by atoms with Gasteiger partial charge in [0.1, 0.15) is 5.82 Å². The molecule has 0 radical (unpaired) electrons. The van der Waals surface area contributed by atoms with Crippen molar-refractivity contribution in [2.75, 3.05) is 0 Å². The maximum absolute atomic E-state index is 13.5. The van der Waals surface area contributed by atoms with Crippen molar-refractivity contribution in [1.82, 2.24) is 0 Å².